The first-order valence-electron chi connectivity index (χ1n) is 10.3. The Balaban J connectivity index is 1.69. The van der Waals surface area contributed by atoms with Gasteiger partial charge >= 0.3 is 11.6 Å². The molecule has 1 amide bonds. The predicted molar refractivity (Wildman–Crippen MR) is 119 cm³/mol. The van der Waals surface area contributed by atoms with Crippen LogP contribution < -0.4 is 5.63 Å². The number of aliphatic carboxylic acids is 1. The number of carbonyl (C=O) groups excluding carboxylic acids is 2. The van der Waals surface area contributed by atoms with Crippen molar-refractivity contribution in [2.45, 2.75) is 18.8 Å². The zero-order chi connectivity index (χ0) is 23.7. The minimum absolute atomic E-state index is 0.0363. The Labute approximate surface area is 192 Å². The lowest BCUT2D eigenvalue weighted by atomic mass is 9.95. The van der Waals surface area contributed by atoms with Gasteiger partial charge in [-0.1, -0.05) is 23.7 Å². The van der Waals surface area contributed by atoms with Crippen LogP contribution in [0.2, 0.25) is 5.02 Å². The number of hydrogen-bond donors (Lipinski definition) is 1. The summed E-state index contributed by atoms with van der Waals surface area (Å²) in [4.78, 5) is 49.4. The number of nitrogens with zero attached hydrogens (tertiary/aromatic N) is 1. The Kier molecular flexibility index (Phi) is 6.29. The fourth-order valence-corrected chi connectivity index (χ4v) is 4.49. The van der Waals surface area contributed by atoms with Crippen molar-refractivity contribution in [2.24, 2.45) is 5.92 Å². The van der Waals surface area contributed by atoms with Crippen molar-refractivity contribution in [1.82, 2.24) is 4.90 Å². The van der Waals surface area contributed by atoms with Gasteiger partial charge in [-0.2, -0.15) is 0 Å². The van der Waals surface area contributed by atoms with E-state index < -0.39 is 29.2 Å². The lowest BCUT2D eigenvalue weighted by Gasteiger charge is -2.20. The Morgan fingerprint density at radius 1 is 1.21 bits per heavy atom. The molecule has 0 aliphatic carbocycles. The molecule has 2 heterocycles. The van der Waals surface area contributed by atoms with E-state index in [4.69, 9.17) is 21.1 Å². The van der Waals surface area contributed by atoms with Crippen LogP contribution in [0, 0.1) is 11.7 Å². The van der Waals surface area contributed by atoms with Gasteiger partial charge in [-0.15, -0.1) is 0 Å². The standard InChI is InChI=1S/C24H19ClFNO6/c25-20-9-15(26)2-4-16(20)18-10-23(31)33-21-8-14(1-3-17(18)21)19(12-28)24(32)27-6-5-13(11-27)7-22(29)30/h1-4,8-10,12-13,19H,5-7,11H2,(H,29,30)/t13-,19+/m1/s1. The summed E-state index contributed by atoms with van der Waals surface area (Å²) in [7, 11) is 0. The SMILES string of the molecule is O=C[C@H](C(=O)N1CC[C@H](CC(=O)O)C1)c1ccc2c(-c3ccc(F)cc3Cl)cc(=O)oc2c1. The summed E-state index contributed by atoms with van der Waals surface area (Å²) in [6, 6.07) is 9.73. The molecule has 3 aromatic rings. The Bertz CT molecular complexity index is 1320. The molecule has 1 aliphatic rings. The quantitative estimate of drug-likeness (QED) is 0.332. The van der Waals surface area contributed by atoms with E-state index in [0.717, 1.165) is 6.07 Å². The van der Waals surface area contributed by atoms with Gasteiger partial charge in [0.25, 0.3) is 0 Å². The average Bonchev–Trinajstić information content (AvgIpc) is 3.21. The Morgan fingerprint density at radius 3 is 2.70 bits per heavy atom. The fraction of sp³-hybridized carbons (Fsp3) is 0.250. The van der Waals surface area contributed by atoms with Crippen LogP contribution in [0.15, 0.2) is 51.7 Å². The van der Waals surface area contributed by atoms with Gasteiger partial charge in [0.2, 0.25) is 5.91 Å². The number of benzene rings is 2. The van der Waals surface area contributed by atoms with E-state index in [0.29, 0.717) is 41.3 Å². The molecule has 1 aromatic heterocycles. The number of halogens is 2. The maximum atomic E-state index is 13.5. The van der Waals surface area contributed by atoms with E-state index in [9.17, 15) is 23.6 Å². The molecule has 9 heteroatoms. The molecule has 0 saturated carbocycles. The van der Waals surface area contributed by atoms with Gasteiger partial charge in [0.1, 0.15) is 23.6 Å². The molecular formula is C24H19ClFNO6. The monoisotopic (exact) mass is 471 g/mol. The van der Waals surface area contributed by atoms with E-state index in [2.05, 4.69) is 0 Å². The molecule has 0 spiro atoms. The van der Waals surface area contributed by atoms with Gasteiger partial charge in [0, 0.05) is 42.1 Å². The normalized spacial score (nSPS) is 16.7. The van der Waals surface area contributed by atoms with E-state index in [1.54, 1.807) is 12.1 Å². The highest BCUT2D eigenvalue weighted by Crippen LogP contribution is 2.34. The van der Waals surface area contributed by atoms with Crippen molar-refractivity contribution in [3.8, 4) is 11.1 Å². The summed E-state index contributed by atoms with van der Waals surface area (Å²) in [5, 5.41) is 9.60. The van der Waals surface area contributed by atoms with E-state index in [-0.39, 0.29) is 29.5 Å². The first-order valence-corrected chi connectivity index (χ1v) is 10.6. The maximum Gasteiger partial charge on any atom is 0.336 e. The van der Waals surface area contributed by atoms with Crippen molar-refractivity contribution >= 4 is 40.7 Å². The summed E-state index contributed by atoms with van der Waals surface area (Å²) in [5.74, 6) is -3.16. The molecule has 2 atom stereocenters. The van der Waals surface area contributed by atoms with E-state index in [1.807, 2.05) is 0 Å². The van der Waals surface area contributed by atoms with Gasteiger partial charge in [0.15, 0.2) is 0 Å². The number of carboxylic acid groups (broad SMARTS) is 1. The number of amides is 1. The molecule has 2 aromatic carbocycles. The van der Waals surface area contributed by atoms with Crippen molar-refractivity contribution < 1.29 is 28.3 Å². The third kappa shape index (κ3) is 4.66. The second-order valence-electron chi connectivity index (χ2n) is 8.01. The molecule has 1 aliphatic heterocycles. The number of carboxylic acids is 1. The number of rotatable bonds is 6. The third-order valence-corrected chi connectivity index (χ3v) is 6.12. The van der Waals surface area contributed by atoms with Crippen molar-refractivity contribution in [2.75, 3.05) is 13.1 Å². The molecular weight excluding hydrogens is 453 g/mol. The highest BCUT2D eigenvalue weighted by Gasteiger charge is 2.32. The maximum absolute atomic E-state index is 13.5. The van der Waals surface area contributed by atoms with Gasteiger partial charge in [-0.25, -0.2) is 9.18 Å². The van der Waals surface area contributed by atoms with Crippen LogP contribution in [-0.4, -0.2) is 41.3 Å². The van der Waals surface area contributed by atoms with Gasteiger partial charge in [-0.3, -0.25) is 9.59 Å². The first kappa shape index (κ1) is 22.7. The van der Waals surface area contributed by atoms with Gasteiger partial charge < -0.3 is 19.2 Å². The number of fused-ring (bicyclic) bond motifs is 1. The molecule has 0 radical (unpaired) electrons. The van der Waals surface area contributed by atoms with E-state index >= 15 is 0 Å². The second kappa shape index (κ2) is 9.15. The van der Waals surface area contributed by atoms with Crippen LogP contribution in [-0.2, 0) is 14.4 Å². The summed E-state index contributed by atoms with van der Waals surface area (Å²) >= 11 is 6.17. The number of likely N-dealkylation sites (tertiary alicyclic amines) is 1. The van der Waals surface area contributed by atoms with Crippen molar-refractivity contribution in [3.63, 3.8) is 0 Å². The number of carbonyl (C=O) groups is 3. The molecule has 0 unspecified atom stereocenters. The number of hydrogen-bond acceptors (Lipinski definition) is 5. The minimum atomic E-state index is -1.12. The molecule has 7 nitrogen and oxygen atoms in total. The van der Waals surface area contributed by atoms with Crippen molar-refractivity contribution in [3.05, 3.63) is 69.3 Å². The Morgan fingerprint density at radius 2 is 2.00 bits per heavy atom. The van der Waals surface area contributed by atoms with Crippen LogP contribution >= 0.6 is 11.6 Å². The van der Waals surface area contributed by atoms with E-state index in [1.165, 1.54) is 29.2 Å². The topological polar surface area (TPSA) is 105 Å². The molecule has 1 saturated heterocycles. The first-order chi connectivity index (χ1) is 15.8. The lowest BCUT2D eigenvalue weighted by Crippen LogP contribution is -2.34. The van der Waals surface area contributed by atoms with Crippen LogP contribution in [0.4, 0.5) is 4.39 Å². The Hall–Kier alpha value is -3.52. The molecule has 4 rings (SSSR count). The summed E-state index contributed by atoms with van der Waals surface area (Å²) < 4.78 is 18.8. The largest absolute Gasteiger partial charge is 0.481 e. The summed E-state index contributed by atoms with van der Waals surface area (Å²) in [5.41, 5.74) is 0.700. The zero-order valence-corrected chi connectivity index (χ0v) is 18.0. The number of aldehydes is 1. The lowest BCUT2D eigenvalue weighted by molar-refractivity contribution is -0.139. The smallest absolute Gasteiger partial charge is 0.336 e. The van der Waals surface area contributed by atoms with Crippen molar-refractivity contribution in [1.29, 1.82) is 0 Å². The molecule has 1 fully saturated rings. The minimum Gasteiger partial charge on any atom is -0.481 e. The summed E-state index contributed by atoms with van der Waals surface area (Å²) in [6.45, 7) is 0.641. The zero-order valence-electron chi connectivity index (χ0n) is 17.3. The highest BCUT2D eigenvalue weighted by atomic mass is 35.5. The average molecular weight is 472 g/mol. The van der Waals surface area contributed by atoms with Crippen LogP contribution in [0.1, 0.15) is 24.3 Å². The highest BCUT2D eigenvalue weighted by molar-refractivity contribution is 6.33. The molecule has 1 N–H and O–H groups in total. The summed E-state index contributed by atoms with van der Waals surface area (Å²) in [6.07, 6.45) is 1.04. The molecule has 33 heavy (non-hydrogen) atoms. The molecule has 170 valence electrons. The predicted octanol–water partition coefficient (Wildman–Crippen LogP) is 3.86. The van der Waals surface area contributed by atoms with Gasteiger partial charge in [-0.05, 0) is 42.2 Å². The van der Waals surface area contributed by atoms with Crippen LogP contribution in [0.3, 0.4) is 0 Å². The fourth-order valence-electron chi connectivity index (χ4n) is 4.23. The van der Waals surface area contributed by atoms with Crippen LogP contribution in [0.25, 0.3) is 22.1 Å². The van der Waals surface area contributed by atoms with Crippen LogP contribution in [0.5, 0.6) is 0 Å². The second-order valence-corrected chi connectivity index (χ2v) is 8.42. The molecule has 0 bridgehead atoms. The van der Waals surface area contributed by atoms with Gasteiger partial charge in [0.05, 0.1) is 5.02 Å². The third-order valence-electron chi connectivity index (χ3n) is 5.81.